The molecule has 1 rings (SSSR count). The van der Waals surface area contributed by atoms with Gasteiger partial charge in [-0.1, -0.05) is 28.1 Å². The molecule has 0 fully saturated rings. The molecule has 2 nitrogen and oxygen atoms in total. The molecule has 0 amide bonds. The van der Waals surface area contributed by atoms with Gasteiger partial charge in [0.25, 0.3) is 0 Å². The molecule has 0 radical (unpaired) electrons. The number of nitrogen functional groups attached to an aromatic ring is 1. The van der Waals surface area contributed by atoms with Gasteiger partial charge in [0.2, 0.25) is 0 Å². The Morgan fingerprint density at radius 3 is 3.08 bits per heavy atom. The van der Waals surface area contributed by atoms with Gasteiger partial charge < -0.3 is 5.73 Å². The molecule has 1 aromatic heterocycles. The van der Waals surface area contributed by atoms with Crippen molar-refractivity contribution in [1.82, 2.24) is 4.98 Å². The van der Waals surface area contributed by atoms with Crippen LogP contribution in [0.4, 0.5) is 5.82 Å². The molecule has 0 aliphatic carbocycles. The lowest BCUT2D eigenvalue weighted by Crippen LogP contribution is -1.91. The van der Waals surface area contributed by atoms with Crippen molar-refractivity contribution >= 4 is 27.8 Å². The zero-order valence-corrected chi connectivity index (χ0v) is 8.29. The highest BCUT2D eigenvalue weighted by atomic mass is 79.9. The number of pyridine rings is 1. The molecule has 64 valence electrons. The first kappa shape index (κ1) is 9.26. The number of aromatic nitrogens is 1. The van der Waals surface area contributed by atoms with Gasteiger partial charge in [-0.25, -0.2) is 4.98 Å². The second kappa shape index (κ2) is 4.93. The van der Waals surface area contributed by atoms with E-state index < -0.39 is 0 Å². The van der Waals surface area contributed by atoms with Gasteiger partial charge in [0, 0.05) is 17.1 Å². The van der Waals surface area contributed by atoms with Crippen LogP contribution in [0.1, 0.15) is 12.0 Å². The maximum Gasteiger partial charge on any atom is 0.130 e. The van der Waals surface area contributed by atoms with E-state index in [-0.39, 0.29) is 0 Å². The maximum absolute atomic E-state index is 5.63. The Bertz CT molecular complexity index is 271. The van der Waals surface area contributed by atoms with Crippen LogP contribution in [0.5, 0.6) is 0 Å². The Balaban J connectivity index is 2.68. The van der Waals surface area contributed by atoms with Crippen LogP contribution in [0.25, 0.3) is 6.08 Å². The lowest BCUT2D eigenvalue weighted by atomic mass is 10.2. The number of hydrogen-bond donors (Lipinski definition) is 1. The number of anilines is 1. The van der Waals surface area contributed by atoms with Crippen LogP contribution < -0.4 is 5.73 Å². The molecule has 12 heavy (non-hydrogen) atoms. The highest BCUT2D eigenvalue weighted by Crippen LogP contribution is 2.09. The van der Waals surface area contributed by atoms with Crippen molar-refractivity contribution in [1.29, 1.82) is 0 Å². The summed E-state index contributed by atoms with van der Waals surface area (Å²) in [4.78, 5) is 3.97. The van der Waals surface area contributed by atoms with Crippen LogP contribution in [0, 0.1) is 0 Å². The molecule has 1 heterocycles. The van der Waals surface area contributed by atoms with E-state index in [2.05, 4.69) is 27.0 Å². The van der Waals surface area contributed by atoms with Crippen molar-refractivity contribution in [3.8, 4) is 0 Å². The molecule has 0 aromatic carbocycles. The van der Waals surface area contributed by atoms with E-state index in [4.69, 9.17) is 5.73 Å². The van der Waals surface area contributed by atoms with E-state index in [1.54, 1.807) is 6.20 Å². The number of nitrogens with two attached hydrogens (primary N) is 1. The van der Waals surface area contributed by atoms with E-state index in [1.807, 2.05) is 18.2 Å². The summed E-state index contributed by atoms with van der Waals surface area (Å²) in [6.45, 7) is 0. The number of alkyl halides is 1. The third-order valence-electron chi connectivity index (χ3n) is 1.44. The van der Waals surface area contributed by atoms with Crippen LogP contribution in [0.2, 0.25) is 0 Å². The summed E-state index contributed by atoms with van der Waals surface area (Å²) >= 11 is 3.34. The minimum atomic E-state index is 0.586. The Hall–Kier alpha value is -0.830. The second-order valence-corrected chi connectivity index (χ2v) is 3.15. The Morgan fingerprint density at radius 1 is 1.58 bits per heavy atom. The number of rotatable bonds is 3. The predicted octanol–water partition coefficient (Wildman–Crippen LogP) is 2.46. The lowest BCUT2D eigenvalue weighted by Gasteiger charge is -1.96. The van der Waals surface area contributed by atoms with Gasteiger partial charge in [-0.05, 0) is 18.6 Å². The summed E-state index contributed by atoms with van der Waals surface area (Å²) in [6.07, 6.45) is 6.76. The van der Waals surface area contributed by atoms with E-state index in [0.29, 0.717) is 5.82 Å². The van der Waals surface area contributed by atoms with Crippen molar-refractivity contribution in [2.24, 2.45) is 0 Å². The zero-order valence-electron chi connectivity index (χ0n) is 6.70. The molecule has 0 saturated heterocycles. The molecule has 0 unspecified atom stereocenters. The van der Waals surface area contributed by atoms with Crippen molar-refractivity contribution in [2.75, 3.05) is 11.1 Å². The first-order valence-corrected chi connectivity index (χ1v) is 4.89. The van der Waals surface area contributed by atoms with Crippen molar-refractivity contribution < 1.29 is 0 Å². The highest BCUT2D eigenvalue weighted by molar-refractivity contribution is 9.09. The molecule has 1 aromatic rings. The fourth-order valence-electron chi connectivity index (χ4n) is 0.844. The fourth-order valence-corrected chi connectivity index (χ4v) is 1.11. The molecule has 0 spiro atoms. The van der Waals surface area contributed by atoms with E-state index in [1.165, 1.54) is 0 Å². The smallest absolute Gasteiger partial charge is 0.130 e. The molecule has 0 atom stereocenters. The van der Waals surface area contributed by atoms with Crippen LogP contribution >= 0.6 is 15.9 Å². The molecule has 2 N–H and O–H groups in total. The lowest BCUT2D eigenvalue weighted by molar-refractivity contribution is 1.27. The van der Waals surface area contributed by atoms with E-state index in [0.717, 1.165) is 17.3 Å². The normalized spacial score (nSPS) is 10.8. The molecule has 0 saturated carbocycles. The predicted molar refractivity (Wildman–Crippen MR) is 56.1 cm³/mol. The SMILES string of the molecule is Nc1ncccc1/C=C/CCBr. The minimum Gasteiger partial charge on any atom is -0.383 e. The monoisotopic (exact) mass is 226 g/mol. The summed E-state index contributed by atoms with van der Waals surface area (Å²) in [7, 11) is 0. The second-order valence-electron chi connectivity index (χ2n) is 2.36. The molecule has 0 bridgehead atoms. The van der Waals surface area contributed by atoms with Gasteiger partial charge in [0.1, 0.15) is 5.82 Å². The van der Waals surface area contributed by atoms with Crippen LogP contribution in [0.3, 0.4) is 0 Å². The van der Waals surface area contributed by atoms with Gasteiger partial charge in [0.05, 0.1) is 0 Å². The van der Waals surface area contributed by atoms with Crippen LogP contribution in [0.15, 0.2) is 24.4 Å². The number of nitrogens with zero attached hydrogens (tertiary/aromatic N) is 1. The van der Waals surface area contributed by atoms with Gasteiger partial charge in [-0.2, -0.15) is 0 Å². The summed E-state index contributed by atoms with van der Waals surface area (Å²) < 4.78 is 0. The third-order valence-corrected chi connectivity index (χ3v) is 1.90. The number of allylic oxidation sites excluding steroid dienone is 1. The average molecular weight is 227 g/mol. The first-order chi connectivity index (χ1) is 5.84. The quantitative estimate of drug-likeness (QED) is 0.805. The highest BCUT2D eigenvalue weighted by Gasteiger charge is 1.91. The Morgan fingerprint density at radius 2 is 2.42 bits per heavy atom. The summed E-state index contributed by atoms with van der Waals surface area (Å²) in [6, 6.07) is 3.83. The summed E-state index contributed by atoms with van der Waals surface area (Å²) in [5.74, 6) is 0.586. The first-order valence-electron chi connectivity index (χ1n) is 3.77. The third kappa shape index (κ3) is 2.66. The summed E-state index contributed by atoms with van der Waals surface area (Å²) in [5, 5.41) is 0.976. The molecular weight excluding hydrogens is 216 g/mol. The molecule has 0 aliphatic rings. The maximum atomic E-state index is 5.63. The van der Waals surface area contributed by atoms with Gasteiger partial charge in [0.15, 0.2) is 0 Å². The molecule has 0 aliphatic heterocycles. The Labute approximate surface area is 80.6 Å². The van der Waals surface area contributed by atoms with Gasteiger partial charge >= 0.3 is 0 Å². The minimum absolute atomic E-state index is 0.586. The number of halogens is 1. The topological polar surface area (TPSA) is 38.9 Å². The van der Waals surface area contributed by atoms with E-state index >= 15 is 0 Å². The van der Waals surface area contributed by atoms with Gasteiger partial charge in [-0.3, -0.25) is 0 Å². The molecule has 3 heteroatoms. The van der Waals surface area contributed by atoms with Crippen molar-refractivity contribution in [3.63, 3.8) is 0 Å². The van der Waals surface area contributed by atoms with Gasteiger partial charge in [-0.15, -0.1) is 0 Å². The zero-order chi connectivity index (χ0) is 8.81. The van der Waals surface area contributed by atoms with E-state index in [9.17, 15) is 0 Å². The van der Waals surface area contributed by atoms with Crippen molar-refractivity contribution in [3.05, 3.63) is 30.0 Å². The summed E-state index contributed by atoms with van der Waals surface area (Å²) in [5.41, 5.74) is 6.61. The molecular formula is C9H11BrN2. The largest absolute Gasteiger partial charge is 0.383 e. The van der Waals surface area contributed by atoms with Crippen LogP contribution in [-0.4, -0.2) is 10.3 Å². The van der Waals surface area contributed by atoms with Crippen molar-refractivity contribution in [2.45, 2.75) is 6.42 Å². The average Bonchev–Trinajstić information content (AvgIpc) is 2.09. The standard InChI is InChI=1S/C9H11BrN2/c10-6-2-1-4-8-5-3-7-12-9(8)11/h1,3-5,7H,2,6H2,(H2,11,12)/b4-1+. The number of hydrogen-bond acceptors (Lipinski definition) is 2. The van der Waals surface area contributed by atoms with Crippen LogP contribution in [-0.2, 0) is 0 Å². The Kier molecular flexibility index (Phi) is 3.80. The fraction of sp³-hybridized carbons (Fsp3) is 0.222.